The summed E-state index contributed by atoms with van der Waals surface area (Å²) in [5.41, 5.74) is 2.62. The van der Waals surface area contributed by atoms with Gasteiger partial charge in [-0.05, 0) is 60.7 Å². The number of nitrogens with zero attached hydrogens (tertiary/aromatic N) is 1. The smallest absolute Gasteiger partial charge is 0.240 e. The number of ether oxygens (including phenoxy) is 2. The van der Waals surface area contributed by atoms with Crippen LogP contribution in [0.1, 0.15) is 24.5 Å². The van der Waals surface area contributed by atoms with Crippen molar-refractivity contribution in [2.75, 3.05) is 32.2 Å². The predicted molar refractivity (Wildman–Crippen MR) is 111 cm³/mol. The highest BCUT2D eigenvalue weighted by atomic mass is 32.2. The summed E-state index contributed by atoms with van der Waals surface area (Å²) in [5, 5.41) is 0. The van der Waals surface area contributed by atoms with Gasteiger partial charge in [-0.25, -0.2) is 13.1 Å². The van der Waals surface area contributed by atoms with Crippen molar-refractivity contribution in [2.45, 2.75) is 31.1 Å². The Bertz CT molecular complexity index is 1000. The molecule has 1 heterocycles. The van der Waals surface area contributed by atoms with Gasteiger partial charge in [0.05, 0.1) is 19.1 Å². The lowest BCUT2D eigenvalue weighted by Gasteiger charge is -2.28. The van der Waals surface area contributed by atoms with Gasteiger partial charge in [-0.2, -0.15) is 0 Å². The largest absolute Gasteiger partial charge is 0.493 e. The Kier molecular flexibility index (Phi) is 6.44. The highest BCUT2D eigenvalue weighted by molar-refractivity contribution is 7.89. The van der Waals surface area contributed by atoms with Crippen LogP contribution in [0.15, 0.2) is 41.3 Å². The molecule has 0 atom stereocenters. The Morgan fingerprint density at radius 2 is 1.86 bits per heavy atom. The number of hydrogen-bond donors (Lipinski definition) is 1. The van der Waals surface area contributed by atoms with Crippen LogP contribution in [0.25, 0.3) is 0 Å². The third-order valence-corrected chi connectivity index (χ3v) is 6.47. The topological polar surface area (TPSA) is 84.9 Å². The van der Waals surface area contributed by atoms with Gasteiger partial charge in [0.25, 0.3) is 0 Å². The number of anilines is 1. The Morgan fingerprint density at radius 1 is 1.10 bits per heavy atom. The molecule has 0 saturated heterocycles. The van der Waals surface area contributed by atoms with Crippen LogP contribution in [0.2, 0.25) is 0 Å². The van der Waals surface area contributed by atoms with Crippen LogP contribution in [-0.2, 0) is 27.7 Å². The van der Waals surface area contributed by atoms with Crippen LogP contribution in [-0.4, -0.2) is 41.6 Å². The van der Waals surface area contributed by atoms with Crippen LogP contribution in [0.4, 0.5) is 5.69 Å². The molecule has 1 aliphatic rings. The van der Waals surface area contributed by atoms with Crippen LogP contribution in [0, 0.1) is 0 Å². The van der Waals surface area contributed by atoms with Crippen molar-refractivity contribution < 1.29 is 22.7 Å². The molecule has 2 aromatic rings. The molecule has 0 saturated carbocycles. The summed E-state index contributed by atoms with van der Waals surface area (Å²) in [5.74, 6) is 1.21. The van der Waals surface area contributed by atoms with Gasteiger partial charge < -0.3 is 14.4 Å². The van der Waals surface area contributed by atoms with E-state index < -0.39 is 10.0 Å². The summed E-state index contributed by atoms with van der Waals surface area (Å²) < 4.78 is 38.6. The monoisotopic (exact) mass is 418 g/mol. The van der Waals surface area contributed by atoms with Gasteiger partial charge >= 0.3 is 0 Å². The fourth-order valence-electron chi connectivity index (χ4n) is 3.52. The van der Waals surface area contributed by atoms with E-state index in [9.17, 15) is 13.2 Å². The predicted octanol–water partition coefficient (Wildman–Crippen LogP) is 2.52. The maximum atomic E-state index is 12.7. The van der Waals surface area contributed by atoms with Crippen LogP contribution < -0.4 is 19.1 Å². The highest BCUT2D eigenvalue weighted by Crippen LogP contribution is 2.30. The second kappa shape index (κ2) is 8.84. The Labute approximate surface area is 171 Å². The fourth-order valence-corrected chi connectivity index (χ4v) is 4.60. The molecule has 3 rings (SSSR count). The number of carbonyl (C=O) groups excluding carboxylic acids is 1. The fraction of sp³-hybridized carbons (Fsp3) is 0.381. The van der Waals surface area contributed by atoms with Gasteiger partial charge in [0.1, 0.15) is 0 Å². The average Bonchev–Trinajstić information content (AvgIpc) is 2.72. The van der Waals surface area contributed by atoms with Gasteiger partial charge in [0.15, 0.2) is 11.5 Å². The van der Waals surface area contributed by atoms with Crippen molar-refractivity contribution in [1.82, 2.24) is 4.72 Å². The molecule has 1 N–H and O–H groups in total. The van der Waals surface area contributed by atoms with Crippen molar-refractivity contribution in [2.24, 2.45) is 0 Å². The Morgan fingerprint density at radius 3 is 2.55 bits per heavy atom. The van der Waals surface area contributed by atoms with E-state index in [1.807, 2.05) is 12.1 Å². The first-order chi connectivity index (χ1) is 13.9. The molecule has 0 fully saturated rings. The molecule has 8 heteroatoms. The quantitative estimate of drug-likeness (QED) is 0.747. The molecule has 156 valence electrons. The van der Waals surface area contributed by atoms with E-state index in [0.717, 1.165) is 29.7 Å². The minimum absolute atomic E-state index is 0.0328. The summed E-state index contributed by atoms with van der Waals surface area (Å²) in [6, 6.07) is 10.5. The maximum absolute atomic E-state index is 12.7. The normalized spacial score (nSPS) is 13.7. The van der Waals surface area contributed by atoms with E-state index in [-0.39, 0.29) is 17.3 Å². The first kappa shape index (κ1) is 21.1. The SMILES string of the molecule is COc1ccc(CCNS(=O)(=O)c2ccc3c(c2)CCCN3C(C)=O)cc1OC. The number of sulfonamides is 1. The lowest BCUT2D eigenvalue weighted by atomic mass is 10.0. The Balaban J connectivity index is 1.70. The van der Waals surface area contributed by atoms with E-state index in [0.29, 0.717) is 24.5 Å². The van der Waals surface area contributed by atoms with E-state index in [1.54, 1.807) is 43.4 Å². The molecule has 0 aliphatic carbocycles. The van der Waals surface area contributed by atoms with Gasteiger partial charge in [-0.3, -0.25) is 4.79 Å². The third kappa shape index (κ3) is 4.71. The van der Waals surface area contributed by atoms with Gasteiger partial charge in [-0.15, -0.1) is 0 Å². The second-order valence-electron chi connectivity index (χ2n) is 6.90. The first-order valence-corrected chi connectivity index (χ1v) is 11.0. The number of rotatable bonds is 7. The van der Waals surface area contributed by atoms with Crippen molar-refractivity contribution >= 4 is 21.6 Å². The summed E-state index contributed by atoms with van der Waals surface area (Å²) in [4.78, 5) is 13.7. The van der Waals surface area contributed by atoms with Crippen LogP contribution in [0.3, 0.4) is 0 Å². The minimum atomic E-state index is -3.64. The first-order valence-electron chi connectivity index (χ1n) is 9.47. The molecule has 0 unspecified atom stereocenters. The Hall–Kier alpha value is -2.58. The molecule has 0 aromatic heterocycles. The van der Waals surface area contributed by atoms with E-state index in [2.05, 4.69) is 4.72 Å². The molecule has 29 heavy (non-hydrogen) atoms. The summed E-state index contributed by atoms with van der Waals surface area (Å²) in [6.07, 6.45) is 2.10. The molecule has 0 bridgehead atoms. The number of nitrogens with one attached hydrogen (secondary N) is 1. The standard InChI is InChI=1S/C21H26N2O5S/c1-15(24)23-12-4-5-17-14-18(7-8-19(17)23)29(25,26)22-11-10-16-6-9-20(27-2)21(13-16)28-3/h6-9,13-14,22H,4-5,10-12H2,1-3H3. The second-order valence-corrected chi connectivity index (χ2v) is 8.67. The van der Waals surface area contributed by atoms with Crippen LogP contribution >= 0.6 is 0 Å². The van der Waals surface area contributed by atoms with Crippen LogP contribution in [0.5, 0.6) is 11.5 Å². The number of fused-ring (bicyclic) bond motifs is 1. The van der Waals surface area contributed by atoms with E-state index >= 15 is 0 Å². The zero-order valence-corrected chi connectivity index (χ0v) is 17.7. The zero-order chi connectivity index (χ0) is 21.0. The average molecular weight is 419 g/mol. The van der Waals surface area contributed by atoms with Gasteiger partial charge in [-0.1, -0.05) is 6.07 Å². The number of amides is 1. The molecule has 2 aromatic carbocycles. The summed E-state index contributed by atoms with van der Waals surface area (Å²) in [6.45, 7) is 2.45. The minimum Gasteiger partial charge on any atom is -0.493 e. The van der Waals surface area contributed by atoms with Gasteiger partial charge in [0, 0.05) is 25.7 Å². The third-order valence-electron chi connectivity index (χ3n) is 5.01. The number of methoxy groups -OCH3 is 2. The van der Waals surface area contributed by atoms with E-state index in [1.165, 1.54) is 6.92 Å². The summed E-state index contributed by atoms with van der Waals surface area (Å²) >= 11 is 0. The molecule has 1 aliphatic heterocycles. The molecule has 1 amide bonds. The lowest BCUT2D eigenvalue weighted by molar-refractivity contribution is -0.116. The van der Waals surface area contributed by atoms with Gasteiger partial charge in [0.2, 0.25) is 15.9 Å². The number of benzene rings is 2. The lowest BCUT2D eigenvalue weighted by Crippen LogP contribution is -2.33. The maximum Gasteiger partial charge on any atom is 0.240 e. The summed E-state index contributed by atoms with van der Waals surface area (Å²) in [7, 11) is -0.507. The van der Waals surface area contributed by atoms with Crippen molar-refractivity contribution in [3.8, 4) is 11.5 Å². The number of hydrogen-bond acceptors (Lipinski definition) is 5. The number of carbonyl (C=O) groups is 1. The molecule has 0 spiro atoms. The number of aryl methyl sites for hydroxylation is 1. The molecule has 0 radical (unpaired) electrons. The molecule has 7 nitrogen and oxygen atoms in total. The van der Waals surface area contributed by atoms with Crippen molar-refractivity contribution in [3.05, 3.63) is 47.5 Å². The highest BCUT2D eigenvalue weighted by Gasteiger charge is 2.23. The molecular formula is C21H26N2O5S. The van der Waals surface area contributed by atoms with E-state index in [4.69, 9.17) is 9.47 Å². The molecular weight excluding hydrogens is 392 g/mol. The van der Waals surface area contributed by atoms with Crippen molar-refractivity contribution in [1.29, 1.82) is 0 Å². The zero-order valence-electron chi connectivity index (χ0n) is 16.9. The van der Waals surface area contributed by atoms with Crippen molar-refractivity contribution in [3.63, 3.8) is 0 Å².